The number of fused-ring (bicyclic) bond motifs is 1. The Hall–Kier alpha value is -5.68. The number of ether oxygens (including phenoxy) is 1. The van der Waals surface area contributed by atoms with Gasteiger partial charge in [-0.15, -0.1) is 11.3 Å². The first kappa shape index (κ1) is 28.4. The van der Waals surface area contributed by atoms with E-state index < -0.39 is 17.3 Å². The molecule has 2 N–H and O–H groups in total. The third-order valence-electron chi connectivity index (χ3n) is 6.77. The lowest BCUT2D eigenvalue weighted by Gasteiger charge is -2.10. The summed E-state index contributed by atoms with van der Waals surface area (Å²) in [6, 6.07) is 24.1. The summed E-state index contributed by atoms with van der Waals surface area (Å²) >= 11 is 1.43. The zero-order chi connectivity index (χ0) is 30.6. The van der Waals surface area contributed by atoms with Crippen molar-refractivity contribution >= 4 is 39.1 Å². The molecule has 0 aliphatic heterocycles. The summed E-state index contributed by atoms with van der Waals surface area (Å²) in [6.07, 6.45) is 4.46. The Labute approximate surface area is 254 Å². The Morgan fingerprint density at radius 2 is 1.70 bits per heavy atom. The van der Waals surface area contributed by atoms with Crippen LogP contribution in [0.3, 0.4) is 0 Å². The van der Waals surface area contributed by atoms with Gasteiger partial charge in [-0.25, -0.2) is 9.37 Å². The molecule has 44 heavy (non-hydrogen) atoms. The quantitative estimate of drug-likeness (QED) is 0.216. The van der Waals surface area contributed by atoms with E-state index in [2.05, 4.69) is 20.6 Å². The molecule has 0 saturated heterocycles. The Morgan fingerprint density at radius 3 is 2.45 bits per heavy atom. The third kappa shape index (κ3) is 5.94. The molecule has 3 heterocycles. The topological polar surface area (TPSA) is 115 Å². The second kappa shape index (κ2) is 12.3. The van der Waals surface area contributed by atoms with Gasteiger partial charge in [0.05, 0.1) is 16.8 Å². The second-order valence-electron chi connectivity index (χ2n) is 9.69. The molecule has 0 spiro atoms. The van der Waals surface area contributed by atoms with Crippen LogP contribution in [0.4, 0.5) is 10.1 Å². The van der Waals surface area contributed by atoms with Crippen molar-refractivity contribution in [3.05, 3.63) is 137 Å². The van der Waals surface area contributed by atoms with Crippen molar-refractivity contribution in [3.8, 4) is 21.9 Å². The summed E-state index contributed by atoms with van der Waals surface area (Å²) in [5.41, 5.74) is 2.29. The Kier molecular flexibility index (Phi) is 7.94. The lowest BCUT2D eigenvalue weighted by Crippen LogP contribution is -2.30. The Morgan fingerprint density at radius 1 is 0.909 bits per heavy atom. The molecule has 0 aliphatic rings. The molecule has 0 fully saturated rings. The van der Waals surface area contributed by atoms with E-state index >= 15 is 4.39 Å². The van der Waals surface area contributed by atoms with Gasteiger partial charge in [0, 0.05) is 53.9 Å². The maximum absolute atomic E-state index is 15.2. The minimum atomic E-state index is -0.754. The predicted octanol–water partition coefficient (Wildman–Crippen LogP) is 6.11. The van der Waals surface area contributed by atoms with Crippen molar-refractivity contribution in [1.82, 2.24) is 19.9 Å². The highest BCUT2D eigenvalue weighted by Crippen LogP contribution is 2.39. The molecule has 218 valence electrons. The van der Waals surface area contributed by atoms with Gasteiger partial charge in [-0.2, -0.15) is 0 Å². The number of rotatable bonds is 8. The lowest BCUT2D eigenvalue weighted by molar-refractivity contribution is 0.0962. The average Bonchev–Trinajstić information content (AvgIpc) is 3.49. The molecular formula is C33H24FN5O4S. The number of amides is 2. The molecule has 0 atom stereocenters. The maximum atomic E-state index is 15.2. The van der Waals surface area contributed by atoms with E-state index in [0.29, 0.717) is 16.8 Å². The first-order chi connectivity index (χ1) is 21.4. The summed E-state index contributed by atoms with van der Waals surface area (Å²) in [6.45, 7) is 0.279. The molecule has 9 nitrogen and oxygen atoms in total. The standard InChI is InChI=1S/C33H24FN5O4S/c1-35-31(40)22-9-7-21(8-10-22)28-18-25-30(44-28)27(13-14-36-25)43-26-12-11-23(17-24(26)34)38-32(41)29-33(42)39(16-15-37-29)19-20-5-3-2-4-6-20/h2-18H,19H2,1H3,(H,35,40)(H,38,41). The first-order valence-corrected chi connectivity index (χ1v) is 14.3. The van der Waals surface area contributed by atoms with Crippen molar-refractivity contribution < 1.29 is 18.7 Å². The Bertz CT molecular complexity index is 2060. The maximum Gasteiger partial charge on any atom is 0.282 e. The number of hydrogen-bond acceptors (Lipinski definition) is 7. The van der Waals surface area contributed by atoms with Crippen LogP contribution < -0.4 is 20.9 Å². The van der Waals surface area contributed by atoms with Gasteiger partial charge in [-0.3, -0.25) is 19.4 Å². The van der Waals surface area contributed by atoms with Crippen LogP contribution in [0.5, 0.6) is 11.5 Å². The minimum absolute atomic E-state index is 0.0524. The highest BCUT2D eigenvalue weighted by molar-refractivity contribution is 7.22. The molecule has 6 rings (SSSR count). The van der Waals surface area contributed by atoms with Gasteiger partial charge in [0.15, 0.2) is 17.3 Å². The van der Waals surface area contributed by atoms with Gasteiger partial charge in [0.2, 0.25) is 0 Å². The van der Waals surface area contributed by atoms with Crippen molar-refractivity contribution in [3.63, 3.8) is 0 Å². The fraction of sp³-hybridized carbons (Fsp3) is 0.0606. The van der Waals surface area contributed by atoms with E-state index in [9.17, 15) is 14.4 Å². The normalized spacial score (nSPS) is 10.9. The first-order valence-electron chi connectivity index (χ1n) is 13.5. The molecule has 2 amide bonds. The highest BCUT2D eigenvalue weighted by Gasteiger charge is 2.17. The fourth-order valence-corrected chi connectivity index (χ4v) is 5.62. The van der Waals surface area contributed by atoms with E-state index in [-0.39, 0.29) is 29.6 Å². The van der Waals surface area contributed by atoms with Crippen molar-refractivity contribution in [2.45, 2.75) is 6.54 Å². The van der Waals surface area contributed by atoms with E-state index in [0.717, 1.165) is 26.8 Å². The number of benzene rings is 3. The average molecular weight is 606 g/mol. The van der Waals surface area contributed by atoms with Crippen LogP contribution in [-0.4, -0.2) is 33.4 Å². The SMILES string of the molecule is CNC(=O)c1ccc(-c2cc3nccc(Oc4ccc(NC(=O)c5nccn(Cc6ccccc6)c5=O)cc4F)c3s2)cc1. The van der Waals surface area contributed by atoms with Gasteiger partial charge < -0.3 is 19.9 Å². The molecule has 0 unspecified atom stereocenters. The summed E-state index contributed by atoms with van der Waals surface area (Å²) < 4.78 is 23.2. The van der Waals surface area contributed by atoms with E-state index in [4.69, 9.17) is 4.74 Å². The Balaban J connectivity index is 1.19. The summed E-state index contributed by atoms with van der Waals surface area (Å²) in [5, 5.41) is 5.14. The van der Waals surface area contributed by atoms with Crippen LogP contribution in [0.1, 0.15) is 26.4 Å². The number of hydrogen-bond donors (Lipinski definition) is 2. The molecule has 11 heteroatoms. The zero-order valence-corrected chi connectivity index (χ0v) is 24.1. The molecule has 0 radical (unpaired) electrons. The largest absolute Gasteiger partial charge is 0.453 e. The zero-order valence-electron chi connectivity index (χ0n) is 23.3. The van der Waals surface area contributed by atoms with E-state index in [1.54, 1.807) is 31.4 Å². The fourth-order valence-electron chi connectivity index (χ4n) is 4.55. The van der Waals surface area contributed by atoms with Gasteiger partial charge in [0.25, 0.3) is 17.4 Å². The van der Waals surface area contributed by atoms with Crippen LogP contribution >= 0.6 is 11.3 Å². The molecule has 3 aromatic heterocycles. The van der Waals surface area contributed by atoms with Gasteiger partial charge in [0.1, 0.15) is 5.75 Å². The molecule has 0 aliphatic carbocycles. The van der Waals surface area contributed by atoms with E-state index in [1.807, 2.05) is 48.5 Å². The summed E-state index contributed by atoms with van der Waals surface area (Å²) in [7, 11) is 1.58. The van der Waals surface area contributed by atoms with Gasteiger partial charge in [-0.05, 0) is 41.5 Å². The molecule has 3 aromatic carbocycles. The lowest BCUT2D eigenvalue weighted by atomic mass is 10.1. The summed E-state index contributed by atoms with van der Waals surface area (Å²) in [5.74, 6) is -1.27. The van der Waals surface area contributed by atoms with Crippen molar-refractivity contribution in [2.24, 2.45) is 0 Å². The monoisotopic (exact) mass is 605 g/mol. The van der Waals surface area contributed by atoms with Crippen LogP contribution in [-0.2, 0) is 6.54 Å². The number of pyridine rings is 1. The number of nitrogens with zero attached hydrogens (tertiary/aromatic N) is 3. The van der Waals surface area contributed by atoms with Gasteiger partial charge >= 0.3 is 0 Å². The molecular weight excluding hydrogens is 581 g/mol. The number of nitrogens with one attached hydrogen (secondary N) is 2. The van der Waals surface area contributed by atoms with Crippen LogP contribution in [0, 0.1) is 5.82 Å². The smallest absolute Gasteiger partial charge is 0.282 e. The number of thiophene rings is 1. The second-order valence-corrected chi connectivity index (χ2v) is 10.7. The molecule has 0 saturated carbocycles. The number of anilines is 1. The van der Waals surface area contributed by atoms with Crippen LogP contribution in [0.2, 0.25) is 0 Å². The van der Waals surface area contributed by atoms with Crippen LogP contribution in [0.15, 0.2) is 108 Å². The minimum Gasteiger partial charge on any atom is -0.453 e. The van der Waals surface area contributed by atoms with Crippen LogP contribution in [0.25, 0.3) is 20.7 Å². The third-order valence-corrected chi connectivity index (χ3v) is 7.96. The number of carbonyl (C=O) groups is 2. The molecule has 0 bridgehead atoms. The predicted molar refractivity (Wildman–Crippen MR) is 167 cm³/mol. The molecule has 6 aromatic rings. The van der Waals surface area contributed by atoms with E-state index in [1.165, 1.54) is 40.4 Å². The van der Waals surface area contributed by atoms with Gasteiger partial charge in [-0.1, -0.05) is 42.5 Å². The number of halogens is 1. The highest BCUT2D eigenvalue weighted by atomic mass is 32.1. The number of carbonyl (C=O) groups excluding carboxylic acids is 2. The number of aromatic nitrogens is 3. The van der Waals surface area contributed by atoms with Crippen molar-refractivity contribution in [1.29, 1.82) is 0 Å². The van der Waals surface area contributed by atoms with Crippen molar-refractivity contribution in [2.75, 3.05) is 12.4 Å². The summed E-state index contributed by atoms with van der Waals surface area (Å²) in [4.78, 5) is 46.9.